The normalized spacial score (nSPS) is 45.6. The molecule has 4 atom stereocenters. The number of fused-ring (bicyclic) bond motifs is 1. The molecule has 4 heteroatoms. The van der Waals surface area contributed by atoms with Crippen LogP contribution in [0.4, 0.5) is 4.39 Å². The van der Waals surface area contributed by atoms with Gasteiger partial charge in [0.1, 0.15) is 18.6 Å². The highest BCUT2D eigenvalue weighted by molar-refractivity contribution is 5.74. The van der Waals surface area contributed by atoms with Gasteiger partial charge in [-0.15, -0.1) is 0 Å². The molecule has 0 aromatic heterocycles. The van der Waals surface area contributed by atoms with Crippen molar-refractivity contribution in [2.45, 2.75) is 25.1 Å². The molecule has 0 aromatic rings. The van der Waals surface area contributed by atoms with E-state index in [1.54, 1.807) is 0 Å². The number of hydrogen-bond acceptors (Lipinski definition) is 3. The van der Waals surface area contributed by atoms with Crippen molar-refractivity contribution in [3.05, 3.63) is 0 Å². The van der Waals surface area contributed by atoms with Gasteiger partial charge in [0.05, 0.1) is 12.3 Å². The van der Waals surface area contributed by atoms with Crippen LogP contribution in [0.25, 0.3) is 0 Å². The second-order valence-corrected chi connectivity index (χ2v) is 3.36. The fraction of sp³-hybridized carbons (Fsp3) is 0.750. The summed E-state index contributed by atoms with van der Waals surface area (Å²) in [6.07, 6.45) is -0.459. The van der Waals surface area contributed by atoms with Crippen LogP contribution in [0.1, 0.15) is 12.8 Å². The quantitative estimate of drug-likeness (QED) is 0.426. The van der Waals surface area contributed by atoms with Gasteiger partial charge in [-0.2, -0.15) is 0 Å². The zero-order chi connectivity index (χ0) is 8.72. The minimum Gasteiger partial charge on any atom is -0.462 e. The summed E-state index contributed by atoms with van der Waals surface area (Å²) in [6.45, 7) is 0. The Balaban J connectivity index is 2.16. The van der Waals surface area contributed by atoms with Gasteiger partial charge in [-0.25, -0.2) is 4.39 Å². The third kappa shape index (κ3) is 0.940. The fourth-order valence-electron chi connectivity index (χ4n) is 2.07. The van der Waals surface area contributed by atoms with E-state index in [-0.39, 0.29) is 30.8 Å². The molecule has 0 radical (unpaired) electrons. The van der Waals surface area contributed by atoms with Gasteiger partial charge in [0.2, 0.25) is 0 Å². The standard InChI is InChI=1S/C8H9FO3/c9-6-2-7-4(5(6)3-10)1-8(11)12-7/h3-7H,1-2H2/t4-,5-,6+,7+/m1/s1. The number of halogens is 1. The Bertz CT molecular complexity index is 228. The molecule has 2 fully saturated rings. The number of hydrogen-bond donors (Lipinski definition) is 0. The van der Waals surface area contributed by atoms with Crippen molar-refractivity contribution in [3.8, 4) is 0 Å². The Hall–Kier alpha value is -0.930. The third-order valence-corrected chi connectivity index (χ3v) is 2.69. The Morgan fingerprint density at radius 1 is 1.58 bits per heavy atom. The van der Waals surface area contributed by atoms with Gasteiger partial charge < -0.3 is 9.53 Å². The number of carbonyl (C=O) groups is 2. The Morgan fingerprint density at radius 3 is 3.00 bits per heavy atom. The molecule has 2 rings (SSSR count). The lowest BCUT2D eigenvalue weighted by Crippen LogP contribution is -2.18. The van der Waals surface area contributed by atoms with Gasteiger partial charge in [-0.05, 0) is 0 Å². The summed E-state index contributed by atoms with van der Waals surface area (Å²) >= 11 is 0. The van der Waals surface area contributed by atoms with Crippen molar-refractivity contribution in [2.24, 2.45) is 11.8 Å². The number of ether oxygens (including phenoxy) is 1. The summed E-state index contributed by atoms with van der Waals surface area (Å²) in [6, 6.07) is 0. The number of alkyl halides is 1. The minimum atomic E-state index is -1.12. The molecule has 2 aliphatic rings. The van der Waals surface area contributed by atoms with Crippen LogP contribution in [-0.4, -0.2) is 24.5 Å². The largest absolute Gasteiger partial charge is 0.462 e. The molecular weight excluding hydrogens is 163 g/mol. The highest BCUT2D eigenvalue weighted by Crippen LogP contribution is 2.41. The van der Waals surface area contributed by atoms with Gasteiger partial charge >= 0.3 is 5.97 Å². The van der Waals surface area contributed by atoms with Crippen molar-refractivity contribution in [1.82, 2.24) is 0 Å². The van der Waals surface area contributed by atoms with Gasteiger partial charge in [0, 0.05) is 12.3 Å². The molecule has 0 aromatic carbocycles. The first-order valence-electron chi connectivity index (χ1n) is 4.01. The van der Waals surface area contributed by atoms with Crippen LogP contribution >= 0.6 is 0 Å². The molecule has 1 heterocycles. The van der Waals surface area contributed by atoms with Gasteiger partial charge in [0.15, 0.2) is 0 Å². The van der Waals surface area contributed by atoms with Gasteiger partial charge in [-0.3, -0.25) is 4.79 Å². The maximum absolute atomic E-state index is 13.0. The summed E-state index contributed by atoms with van der Waals surface area (Å²) in [5.41, 5.74) is 0. The van der Waals surface area contributed by atoms with E-state index >= 15 is 0 Å². The van der Waals surface area contributed by atoms with Crippen LogP contribution in [0.5, 0.6) is 0 Å². The summed E-state index contributed by atoms with van der Waals surface area (Å²) < 4.78 is 17.9. The van der Waals surface area contributed by atoms with Gasteiger partial charge in [0.25, 0.3) is 0 Å². The van der Waals surface area contributed by atoms with E-state index in [1.165, 1.54) is 0 Å². The van der Waals surface area contributed by atoms with E-state index in [0.717, 1.165) is 0 Å². The monoisotopic (exact) mass is 172 g/mol. The third-order valence-electron chi connectivity index (χ3n) is 2.69. The first-order chi connectivity index (χ1) is 5.72. The van der Waals surface area contributed by atoms with E-state index in [9.17, 15) is 14.0 Å². The molecular formula is C8H9FO3. The van der Waals surface area contributed by atoms with E-state index < -0.39 is 12.1 Å². The first kappa shape index (κ1) is 7.71. The molecule has 0 bridgehead atoms. The molecule has 3 nitrogen and oxygen atoms in total. The minimum absolute atomic E-state index is 0.194. The molecule has 1 aliphatic carbocycles. The average Bonchev–Trinajstić information content (AvgIpc) is 2.43. The fourth-order valence-corrected chi connectivity index (χ4v) is 2.07. The van der Waals surface area contributed by atoms with E-state index in [4.69, 9.17) is 4.74 Å². The van der Waals surface area contributed by atoms with E-state index in [1.807, 2.05) is 0 Å². The highest BCUT2D eigenvalue weighted by atomic mass is 19.1. The Morgan fingerprint density at radius 2 is 2.33 bits per heavy atom. The highest BCUT2D eigenvalue weighted by Gasteiger charge is 2.50. The van der Waals surface area contributed by atoms with Crippen LogP contribution in [0, 0.1) is 11.8 Å². The van der Waals surface area contributed by atoms with E-state index in [0.29, 0.717) is 6.29 Å². The predicted octanol–water partition coefficient (Wildman–Crippen LogP) is 0.475. The topological polar surface area (TPSA) is 43.4 Å². The number of carbonyl (C=O) groups excluding carboxylic acids is 2. The van der Waals surface area contributed by atoms with Crippen LogP contribution < -0.4 is 0 Å². The lowest BCUT2D eigenvalue weighted by molar-refractivity contribution is -0.141. The summed E-state index contributed by atoms with van der Waals surface area (Å²) in [7, 11) is 0. The lowest BCUT2D eigenvalue weighted by atomic mass is 9.94. The average molecular weight is 172 g/mol. The second kappa shape index (κ2) is 2.54. The predicted molar refractivity (Wildman–Crippen MR) is 37.1 cm³/mol. The SMILES string of the molecule is O=C[C@@H]1[C@H]2CC(=O)O[C@H]2C[C@@H]1F. The van der Waals surface area contributed by atoms with E-state index in [2.05, 4.69) is 0 Å². The van der Waals surface area contributed by atoms with Crippen LogP contribution in [0.2, 0.25) is 0 Å². The molecule has 66 valence electrons. The maximum Gasteiger partial charge on any atom is 0.306 e. The lowest BCUT2D eigenvalue weighted by Gasteiger charge is -2.08. The molecule has 12 heavy (non-hydrogen) atoms. The molecule has 1 saturated carbocycles. The maximum atomic E-state index is 13.0. The van der Waals surface area contributed by atoms with Crippen LogP contribution in [0.3, 0.4) is 0 Å². The van der Waals surface area contributed by atoms with Gasteiger partial charge in [-0.1, -0.05) is 0 Å². The Labute approximate surface area is 68.9 Å². The summed E-state index contributed by atoms with van der Waals surface area (Å²) in [4.78, 5) is 21.2. The molecule has 1 aliphatic heterocycles. The zero-order valence-corrected chi connectivity index (χ0v) is 6.40. The van der Waals surface area contributed by atoms with Crippen LogP contribution in [0.15, 0.2) is 0 Å². The molecule has 1 saturated heterocycles. The van der Waals surface area contributed by atoms with Crippen molar-refractivity contribution < 1.29 is 18.7 Å². The summed E-state index contributed by atoms with van der Waals surface area (Å²) in [5.74, 6) is -1.13. The number of esters is 1. The summed E-state index contributed by atoms with van der Waals surface area (Å²) in [5, 5.41) is 0. The Kier molecular flexibility index (Phi) is 1.63. The molecule has 0 N–H and O–H groups in total. The smallest absolute Gasteiger partial charge is 0.306 e. The number of aldehydes is 1. The zero-order valence-electron chi connectivity index (χ0n) is 6.40. The van der Waals surface area contributed by atoms with Crippen molar-refractivity contribution in [1.29, 1.82) is 0 Å². The van der Waals surface area contributed by atoms with Crippen molar-refractivity contribution in [3.63, 3.8) is 0 Å². The molecule has 0 spiro atoms. The number of rotatable bonds is 1. The molecule has 0 unspecified atom stereocenters. The van der Waals surface area contributed by atoms with Crippen LogP contribution in [-0.2, 0) is 14.3 Å². The molecule has 0 amide bonds. The second-order valence-electron chi connectivity index (χ2n) is 3.36. The van der Waals surface area contributed by atoms with Crippen molar-refractivity contribution >= 4 is 12.3 Å². The first-order valence-corrected chi connectivity index (χ1v) is 4.01. The van der Waals surface area contributed by atoms with Crippen molar-refractivity contribution in [2.75, 3.05) is 0 Å².